The zero-order chi connectivity index (χ0) is 17.7. The highest BCUT2D eigenvalue weighted by molar-refractivity contribution is 7.15. The largest absolute Gasteiger partial charge is 0.493 e. The Balaban J connectivity index is 2.22. The van der Waals surface area contributed by atoms with Gasteiger partial charge in [0.15, 0.2) is 5.13 Å². The normalized spacial score (nSPS) is 11.0. The third kappa shape index (κ3) is 5.53. The van der Waals surface area contributed by atoms with Crippen LogP contribution >= 0.6 is 11.3 Å². The molecule has 2 rings (SSSR count). The molecule has 0 aliphatic heterocycles. The molecule has 1 heterocycles. The van der Waals surface area contributed by atoms with Crippen LogP contribution in [0.1, 0.15) is 42.9 Å². The number of carbonyl (C=O) groups excluding carboxylic acids is 1. The molecule has 2 aromatic rings. The third-order valence-corrected chi connectivity index (χ3v) is 3.77. The van der Waals surface area contributed by atoms with Crippen LogP contribution in [-0.2, 0) is 0 Å². The number of aromatic nitrogens is 1. The maximum atomic E-state index is 12.5. The maximum absolute atomic E-state index is 12.5. The van der Waals surface area contributed by atoms with Gasteiger partial charge in [0.2, 0.25) is 0 Å². The number of ether oxygens (including phenoxy) is 2. The summed E-state index contributed by atoms with van der Waals surface area (Å²) in [7, 11) is 0. The highest BCUT2D eigenvalue weighted by Gasteiger charge is 2.13. The second-order valence-electron chi connectivity index (χ2n) is 6.29. The van der Waals surface area contributed by atoms with E-state index in [1.54, 1.807) is 18.3 Å². The Kier molecular flexibility index (Phi) is 6.20. The Bertz CT molecular complexity index is 695. The monoisotopic (exact) mass is 348 g/mol. The van der Waals surface area contributed by atoms with E-state index in [4.69, 9.17) is 9.47 Å². The van der Waals surface area contributed by atoms with Crippen LogP contribution in [0.5, 0.6) is 11.5 Å². The van der Waals surface area contributed by atoms with Crippen molar-refractivity contribution in [1.82, 2.24) is 4.98 Å². The van der Waals surface area contributed by atoms with E-state index in [9.17, 15) is 4.79 Å². The van der Waals surface area contributed by atoms with Gasteiger partial charge in [0.1, 0.15) is 11.5 Å². The Hall–Kier alpha value is -2.08. The first-order valence-corrected chi connectivity index (χ1v) is 8.83. The van der Waals surface area contributed by atoms with Crippen molar-refractivity contribution in [3.63, 3.8) is 0 Å². The van der Waals surface area contributed by atoms with Crippen LogP contribution in [-0.4, -0.2) is 23.6 Å². The molecule has 0 aliphatic carbocycles. The van der Waals surface area contributed by atoms with Gasteiger partial charge in [-0.15, -0.1) is 11.3 Å². The summed E-state index contributed by atoms with van der Waals surface area (Å²) in [4.78, 5) is 17.7. The molecule has 0 bridgehead atoms. The van der Waals surface area contributed by atoms with Crippen LogP contribution < -0.4 is 14.8 Å². The van der Waals surface area contributed by atoms with Crippen molar-refractivity contribution in [3.8, 4) is 11.5 Å². The van der Waals surface area contributed by atoms with Crippen LogP contribution in [0.4, 0.5) is 5.13 Å². The van der Waals surface area contributed by atoms with Gasteiger partial charge in [-0.3, -0.25) is 10.1 Å². The average molecular weight is 348 g/mol. The fourth-order valence-corrected chi connectivity index (χ4v) is 2.63. The minimum Gasteiger partial charge on any atom is -0.493 e. The summed E-state index contributed by atoms with van der Waals surface area (Å²) in [5.41, 5.74) is 0.486. The quantitative estimate of drug-likeness (QED) is 0.799. The summed E-state index contributed by atoms with van der Waals surface area (Å²) in [5, 5.41) is 3.39. The molecule has 0 aliphatic rings. The number of rotatable bonds is 7. The highest BCUT2D eigenvalue weighted by Crippen LogP contribution is 2.26. The Labute approximate surface area is 147 Å². The summed E-state index contributed by atoms with van der Waals surface area (Å²) in [6, 6.07) is 5.26. The van der Waals surface area contributed by atoms with E-state index in [0.717, 1.165) is 4.88 Å². The molecule has 0 spiro atoms. The molecule has 5 nitrogen and oxygen atoms in total. The van der Waals surface area contributed by atoms with Crippen molar-refractivity contribution in [2.24, 2.45) is 5.92 Å². The van der Waals surface area contributed by atoms with Crippen molar-refractivity contribution in [1.29, 1.82) is 0 Å². The van der Waals surface area contributed by atoms with Crippen molar-refractivity contribution in [2.45, 2.75) is 40.7 Å². The lowest BCUT2D eigenvalue weighted by molar-refractivity contribution is 0.102. The first kappa shape index (κ1) is 18.3. The standard InChI is InChI=1S/C18H24N2O3S/c1-11(2)10-22-15-6-14(7-16(8-15)23-12(3)4)17(21)20-18-19-9-13(5)24-18/h6-9,11-12H,10H2,1-5H3,(H,19,20,21). The lowest BCUT2D eigenvalue weighted by Crippen LogP contribution is -2.13. The topological polar surface area (TPSA) is 60.5 Å². The second kappa shape index (κ2) is 8.15. The number of benzene rings is 1. The molecule has 1 aromatic heterocycles. The minimum absolute atomic E-state index is 0.0165. The van der Waals surface area contributed by atoms with Gasteiger partial charge in [-0.05, 0) is 38.8 Å². The van der Waals surface area contributed by atoms with Crippen molar-refractivity contribution < 1.29 is 14.3 Å². The Morgan fingerprint density at radius 3 is 2.50 bits per heavy atom. The van der Waals surface area contributed by atoms with Crippen LogP contribution in [0.2, 0.25) is 0 Å². The van der Waals surface area contributed by atoms with E-state index >= 15 is 0 Å². The summed E-state index contributed by atoms with van der Waals surface area (Å²) in [5.74, 6) is 1.41. The van der Waals surface area contributed by atoms with E-state index in [1.807, 2.05) is 26.8 Å². The fourth-order valence-electron chi connectivity index (χ4n) is 1.97. The molecule has 6 heteroatoms. The summed E-state index contributed by atoms with van der Waals surface area (Å²) < 4.78 is 11.5. The number of anilines is 1. The molecule has 0 unspecified atom stereocenters. The van der Waals surface area contributed by atoms with Gasteiger partial charge in [0.05, 0.1) is 12.7 Å². The van der Waals surface area contributed by atoms with Gasteiger partial charge in [-0.2, -0.15) is 0 Å². The number of carbonyl (C=O) groups is 1. The first-order chi connectivity index (χ1) is 11.3. The van der Waals surface area contributed by atoms with E-state index in [2.05, 4.69) is 24.1 Å². The number of amides is 1. The summed E-state index contributed by atoms with van der Waals surface area (Å²) in [6.45, 7) is 10.6. The lowest BCUT2D eigenvalue weighted by atomic mass is 10.2. The van der Waals surface area contributed by atoms with Gasteiger partial charge >= 0.3 is 0 Å². The van der Waals surface area contributed by atoms with Gasteiger partial charge in [-0.25, -0.2) is 4.98 Å². The summed E-state index contributed by atoms with van der Waals surface area (Å²) in [6.07, 6.45) is 1.75. The van der Waals surface area contributed by atoms with Gasteiger partial charge in [0.25, 0.3) is 5.91 Å². The summed E-state index contributed by atoms with van der Waals surface area (Å²) >= 11 is 1.44. The number of thiazole rings is 1. The zero-order valence-electron chi connectivity index (χ0n) is 14.8. The molecule has 24 heavy (non-hydrogen) atoms. The predicted octanol–water partition coefficient (Wildman–Crippen LogP) is 4.53. The molecule has 1 N–H and O–H groups in total. The average Bonchev–Trinajstić information content (AvgIpc) is 2.89. The number of aryl methyl sites for hydroxylation is 1. The van der Waals surface area contributed by atoms with Crippen LogP contribution in [0.25, 0.3) is 0 Å². The van der Waals surface area contributed by atoms with Crippen LogP contribution in [0.15, 0.2) is 24.4 Å². The molecule has 1 aromatic carbocycles. The zero-order valence-corrected chi connectivity index (χ0v) is 15.6. The lowest BCUT2D eigenvalue weighted by Gasteiger charge is -2.15. The molecule has 0 atom stereocenters. The predicted molar refractivity (Wildman–Crippen MR) is 97.3 cm³/mol. The van der Waals surface area contributed by atoms with Gasteiger partial charge < -0.3 is 9.47 Å². The smallest absolute Gasteiger partial charge is 0.257 e. The van der Waals surface area contributed by atoms with Gasteiger partial charge in [0, 0.05) is 22.7 Å². The minimum atomic E-state index is -0.229. The van der Waals surface area contributed by atoms with Crippen LogP contribution in [0.3, 0.4) is 0 Å². The second-order valence-corrected chi connectivity index (χ2v) is 7.53. The van der Waals surface area contributed by atoms with E-state index in [-0.39, 0.29) is 12.0 Å². The van der Waals surface area contributed by atoms with E-state index in [1.165, 1.54) is 11.3 Å². The first-order valence-electron chi connectivity index (χ1n) is 8.02. The number of hydrogen-bond donors (Lipinski definition) is 1. The molecule has 0 saturated heterocycles. The van der Waals surface area contributed by atoms with Gasteiger partial charge in [-0.1, -0.05) is 13.8 Å². The SMILES string of the molecule is Cc1cnc(NC(=O)c2cc(OCC(C)C)cc(OC(C)C)c2)s1. The third-order valence-electron chi connectivity index (χ3n) is 2.94. The number of nitrogens with zero attached hydrogens (tertiary/aromatic N) is 1. The maximum Gasteiger partial charge on any atom is 0.257 e. The molecule has 1 amide bonds. The van der Waals surface area contributed by atoms with E-state index in [0.29, 0.717) is 34.7 Å². The fraction of sp³-hybridized carbons (Fsp3) is 0.444. The molecule has 130 valence electrons. The van der Waals surface area contributed by atoms with Crippen molar-refractivity contribution in [2.75, 3.05) is 11.9 Å². The molecule has 0 saturated carbocycles. The highest BCUT2D eigenvalue weighted by atomic mass is 32.1. The van der Waals surface area contributed by atoms with Crippen molar-refractivity contribution in [3.05, 3.63) is 34.8 Å². The van der Waals surface area contributed by atoms with E-state index < -0.39 is 0 Å². The number of nitrogens with one attached hydrogen (secondary N) is 1. The molecule has 0 radical (unpaired) electrons. The Morgan fingerprint density at radius 2 is 1.92 bits per heavy atom. The Morgan fingerprint density at radius 1 is 1.21 bits per heavy atom. The molecule has 0 fully saturated rings. The van der Waals surface area contributed by atoms with Crippen molar-refractivity contribution >= 4 is 22.4 Å². The van der Waals surface area contributed by atoms with Crippen LogP contribution in [0, 0.1) is 12.8 Å². The molecular weight excluding hydrogens is 324 g/mol. The molecular formula is C18H24N2O3S. The number of hydrogen-bond acceptors (Lipinski definition) is 5.